The van der Waals surface area contributed by atoms with Crippen molar-refractivity contribution in [1.29, 1.82) is 0 Å². The number of nitrogens with one attached hydrogen (secondary N) is 1. The van der Waals surface area contributed by atoms with Gasteiger partial charge in [0.1, 0.15) is 0 Å². The summed E-state index contributed by atoms with van der Waals surface area (Å²) < 4.78 is 0. The first-order chi connectivity index (χ1) is 8.10. The van der Waals surface area contributed by atoms with Crippen molar-refractivity contribution < 1.29 is 14.7 Å². The lowest BCUT2D eigenvalue weighted by Gasteiger charge is -2.45. The summed E-state index contributed by atoms with van der Waals surface area (Å²) in [6.45, 7) is 8.83. The molecule has 0 bridgehead atoms. The van der Waals surface area contributed by atoms with Gasteiger partial charge in [-0.1, -0.05) is 27.7 Å². The molecule has 0 aromatic carbocycles. The fourth-order valence-electron chi connectivity index (χ4n) is 3.34. The molecular formula is C14H23NO3. The van der Waals surface area contributed by atoms with E-state index in [-0.39, 0.29) is 22.8 Å². The number of amides is 1. The van der Waals surface area contributed by atoms with Gasteiger partial charge < -0.3 is 10.4 Å². The molecule has 4 heteroatoms. The minimum Gasteiger partial charge on any atom is -0.478 e. The van der Waals surface area contributed by atoms with Crippen LogP contribution in [0.4, 0.5) is 0 Å². The first-order valence-electron chi connectivity index (χ1n) is 6.31. The van der Waals surface area contributed by atoms with Crippen molar-refractivity contribution in [3.05, 3.63) is 12.2 Å². The van der Waals surface area contributed by atoms with Gasteiger partial charge in [-0.3, -0.25) is 4.79 Å². The zero-order chi connectivity index (χ0) is 14.0. The molecule has 1 amide bonds. The molecule has 0 aliphatic heterocycles. The van der Waals surface area contributed by atoms with Crippen molar-refractivity contribution >= 4 is 11.9 Å². The molecule has 0 aromatic rings. The van der Waals surface area contributed by atoms with Crippen molar-refractivity contribution in [3.63, 3.8) is 0 Å². The molecule has 0 atom stereocenters. The number of carboxylic acid groups (broad SMARTS) is 1. The van der Waals surface area contributed by atoms with Gasteiger partial charge in [0.2, 0.25) is 5.91 Å². The van der Waals surface area contributed by atoms with Crippen molar-refractivity contribution in [2.24, 2.45) is 10.8 Å². The number of rotatable bonds is 3. The zero-order valence-corrected chi connectivity index (χ0v) is 11.6. The van der Waals surface area contributed by atoms with Crippen LogP contribution in [0.15, 0.2) is 12.2 Å². The number of carbonyl (C=O) groups is 2. The third-order valence-corrected chi connectivity index (χ3v) is 3.28. The van der Waals surface area contributed by atoms with Crippen molar-refractivity contribution in [2.75, 3.05) is 0 Å². The Morgan fingerprint density at radius 2 is 1.61 bits per heavy atom. The van der Waals surface area contributed by atoms with E-state index >= 15 is 0 Å². The van der Waals surface area contributed by atoms with Crippen LogP contribution in [-0.4, -0.2) is 23.0 Å². The lowest BCUT2D eigenvalue weighted by Crippen LogP contribution is -2.45. The first kappa shape index (κ1) is 14.7. The van der Waals surface area contributed by atoms with Crippen molar-refractivity contribution in [3.8, 4) is 0 Å². The summed E-state index contributed by atoms with van der Waals surface area (Å²) >= 11 is 0. The van der Waals surface area contributed by atoms with Gasteiger partial charge in [-0.2, -0.15) is 0 Å². The maximum atomic E-state index is 11.6. The molecule has 1 aliphatic rings. The van der Waals surface area contributed by atoms with Crippen molar-refractivity contribution in [1.82, 2.24) is 5.32 Å². The van der Waals surface area contributed by atoms with Crippen molar-refractivity contribution in [2.45, 2.75) is 53.0 Å². The van der Waals surface area contributed by atoms with Crippen LogP contribution >= 0.6 is 0 Å². The van der Waals surface area contributed by atoms with Crippen LogP contribution in [-0.2, 0) is 9.59 Å². The van der Waals surface area contributed by atoms with Gasteiger partial charge in [0.05, 0.1) is 0 Å². The van der Waals surface area contributed by atoms with E-state index in [1.807, 2.05) is 0 Å². The molecular weight excluding hydrogens is 230 g/mol. The van der Waals surface area contributed by atoms with E-state index in [2.05, 4.69) is 33.0 Å². The highest BCUT2D eigenvalue weighted by Crippen LogP contribution is 2.45. The Balaban J connectivity index is 2.62. The normalized spacial score (nSPS) is 22.9. The average molecular weight is 253 g/mol. The van der Waals surface area contributed by atoms with Gasteiger partial charge >= 0.3 is 5.97 Å². The molecule has 0 radical (unpaired) electrons. The second kappa shape index (κ2) is 5.12. The summed E-state index contributed by atoms with van der Waals surface area (Å²) in [5, 5.41) is 11.4. The highest BCUT2D eigenvalue weighted by Gasteiger charge is 2.38. The Labute approximate surface area is 108 Å². The largest absolute Gasteiger partial charge is 0.478 e. The molecule has 102 valence electrons. The van der Waals surface area contributed by atoms with E-state index in [1.165, 1.54) is 0 Å². The van der Waals surface area contributed by atoms with Gasteiger partial charge in [-0.05, 0) is 30.1 Å². The van der Waals surface area contributed by atoms with Crippen LogP contribution in [0.3, 0.4) is 0 Å². The van der Waals surface area contributed by atoms with E-state index in [0.29, 0.717) is 0 Å². The fraction of sp³-hybridized carbons (Fsp3) is 0.714. The zero-order valence-electron chi connectivity index (χ0n) is 11.6. The number of aliphatic carboxylic acids is 1. The quantitative estimate of drug-likeness (QED) is 0.759. The second-order valence-electron chi connectivity index (χ2n) is 6.79. The Morgan fingerprint density at radius 3 is 2.06 bits per heavy atom. The third-order valence-electron chi connectivity index (χ3n) is 3.28. The smallest absolute Gasteiger partial charge is 0.328 e. The highest BCUT2D eigenvalue weighted by atomic mass is 16.4. The summed E-state index contributed by atoms with van der Waals surface area (Å²) in [6.07, 6.45) is 4.95. The summed E-state index contributed by atoms with van der Waals surface area (Å²) in [4.78, 5) is 21.9. The van der Waals surface area contributed by atoms with Gasteiger partial charge in [-0.15, -0.1) is 0 Å². The standard InChI is InChI=1S/C14H23NO3/c1-13(2)7-10(8-14(3,4)9-13)15-11(16)5-6-12(17)18/h5-6,10H,7-9H2,1-4H3,(H,15,16)(H,17,18)/b6-5+. The minimum atomic E-state index is -1.10. The Hall–Kier alpha value is -1.32. The summed E-state index contributed by atoms with van der Waals surface area (Å²) in [7, 11) is 0. The van der Waals surface area contributed by atoms with Crippen LogP contribution in [0.25, 0.3) is 0 Å². The van der Waals surface area contributed by atoms with Crippen LogP contribution in [0.1, 0.15) is 47.0 Å². The van der Waals surface area contributed by atoms with E-state index < -0.39 is 5.97 Å². The topological polar surface area (TPSA) is 66.4 Å². The summed E-state index contributed by atoms with van der Waals surface area (Å²) in [5.74, 6) is -1.43. The highest BCUT2D eigenvalue weighted by molar-refractivity contribution is 5.94. The number of carbonyl (C=O) groups excluding carboxylic acids is 1. The molecule has 1 fully saturated rings. The minimum absolute atomic E-state index is 0.120. The SMILES string of the molecule is CC1(C)CC(NC(=O)/C=C/C(=O)O)CC(C)(C)C1. The molecule has 4 nitrogen and oxygen atoms in total. The van der Waals surface area contributed by atoms with Gasteiger partial charge in [-0.25, -0.2) is 4.79 Å². The predicted octanol–water partition coefficient (Wildman–Crippen LogP) is 2.35. The van der Waals surface area contributed by atoms with E-state index in [1.54, 1.807) is 0 Å². The van der Waals surface area contributed by atoms with Crippen LogP contribution in [0.2, 0.25) is 0 Å². The van der Waals surface area contributed by atoms with E-state index in [4.69, 9.17) is 5.11 Å². The second-order valence-corrected chi connectivity index (χ2v) is 6.79. The van der Waals surface area contributed by atoms with E-state index in [9.17, 15) is 9.59 Å². The number of hydrogen-bond donors (Lipinski definition) is 2. The first-order valence-corrected chi connectivity index (χ1v) is 6.31. The van der Waals surface area contributed by atoms with Crippen LogP contribution in [0, 0.1) is 10.8 Å². The molecule has 1 rings (SSSR count). The molecule has 0 spiro atoms. The lowest BCUT2D eigenvalue weighted by atomic mass is 9.63. The summed E-state index contributed by atoms with van der Waals surface area (Å²) in [6, 6.07) is 0.120. The fourth-order valence-corrected chi connectivity index (χ4v) is 3.34. The lowest BCUT2D eigenvalue weighted by molar-refractivity contribution is -0.131. The monoisotopic (exact) mass is 253 g/mol. The average Bonchev–Trinajstić information content (AvgIpc) is 2.09. The van der Waals surface area contributed by atoms with Crippen LogP contribution < -0.4 is 5.32 Å². The molecule has 0 heterocycles. The van der Waals surface area contributed by atoms with E-state index in [0.717, 1.165) is 31.4 Å². The third kappa shape index (κ3) is 4.90. The molecule has 0 saturated heterocycles. The Kier molecular flexibility index (Phi) is 4.20. The molecule has 0 aromatic heterocycles. The predicted molar refractivity (Wildman–Crippen MR) is 70.1 cm³/mol. The Morgan fingerprint density at radius 1 is 1.11 bits per heavy atom. The molecule has 2 N–H and O–H groups in total. The molecule has 1 saturated carbocycles. The van der Waals surface area contributed by atoms with Gasteiger partial charge in [0, 0.05) is 18.2 Å². The number of carboxylic acids is 1. The summed E-state index contributed by atoms with van der Waals surface area (Å²) in [5.41, 5.74) is 0.409. The van der Waals surface area contributed by atoms with Crippen LogP contribution in [0.5, 0.6) is 0 Å². The maximum absolute atomic E-state index is 11.6. The number of hydrogen-bond acceptors (Lipinski definition) is 2. The van der Waals surface area contributed by atoms with Gasteiger partial charge in [0.25, 0.3) is 0 Å². The Bertz CT molecular complexity index is 353. The van der Waals surface area contributed by atoms with Gasteiger partial charge in [0.15, 0.2) is 0 Å². The molecule has 18 heavy (non-hydrogen) atoms. The molecule has 1 aliphatic carbocycles. The maximum Gasteiger partial charge on any atom is 0.328 e. The molecule has 0 unspecified atom stereocenters.